The Kier molecular flexibility index (Phi) is 5.48. The van der Waals surface area contributed by atoms with Crippen LogP contribution in [-0.4, -0.2) is 27.8 Å². The standard InChI is InChI=1S/C24H19ClN2O4/c1-14-7-12-18-19(13-14)26-22(28)20(16-8-10-17(25)11-9-16)27(23(18)29)21(24(30)31)15-5-3-2-4-6-15/h2-13,20-21H,1H3,(H,26,28)(H,30,31). The first-order chi connectivity index (χ1) is 14.9. The Morgan fingerprint density at radius 2 is 1.71 bits per heavy atom. The first kappa shape index (κ1) is 20.6. The predicted molar refractivity (Wildman–Crippen MR) is 117 cm³/mol. The van der Waals surface area contributed by atoms with E-state index in [1.165, 1.54) is 0 Å². The van der Waals surface area contributed by atoms with E-state index in [-0.39, 0.29) is 5.56 Å². The fraction of sp³-hybridized carbons (Fsp3) is 0.125. The van der Waals surface area contributed by atoms with Gasteiger partial charge in [0, 0.05) is 5.02 Å². The molecule has 1 aliphatic rings. The highest BCUT2D eigenvalue weighted by atomic mass is 35.5. The molecule has 0 saturated heterocycles. The summed E-state index contributed by atoms with van der Waals surface area (Å²) in [6.45, 7) is 1.85. The number of fused-ring (bicyclic) bond motifs is 1. The minimum Gasteiger partial charge on any atom is -0.479 e. The van der Waals surface area contributed by atoms with Gasteiger partial charge >= 0.3 is 5.97 Å². The van der Waals surface area contributed by atoms with E-state index in [2.05, 4.69) is 5.32 Å². The number of nitrogens with zero attached hydrogens (tertiary/aromatic N) is 1. The molecular weight excluding hydrogens is 416 g/mol. The molecule has 31 heavy (non-hydrogen) atoms. The molecule has 6 nitrogen and oxygen atoms in total. The molecule has 0 saturated carbocycles. The zero-order valence-corrected chi connectivity index (χ0v) is 17.3. The van der Waals surface area contributed by atoms with Gasteiger partial charge < -0.3 is 15.3 Å². The summed E-state index contributed by atoms with van der Waals surface area (Å²) in [6, 6.07) is 17.4. The summed E-state index contributed by atoms with van der Waals surface area (Å²) in [5.41, 5.74) is 2.31. The molecule has 156 valence electrons. The van der Waals surface area contributed by atoms with E-state index in [1.54, 1.807) is 72.8 Å². The van der Waals surface area contributed by atoms with E-state index >= 15 is 0 Å². The lowest BCUT2D eigenvalue weighted by Crippen LogP contribution is -2.44. The number of carbonyl (C=O) groups excluding carboxylic acids is 2. The molecule has 1 heterocycles. The smallest absolute Gasteiger partial charge is 0.331 e. The van der Waals surface area contributed by atoms with Crippen LogP contribution in [0.25, 0.3) is 0 Å². The Labute approximate surface area is 184 Å². The minimum absolute atomic E-state index is 0.234. The summed E-state index contributed by atoms with van der Waals surface area (Å²) in [7, 11) is 0. The Balaban J connectivity index is 1.95. The zero-order chi connectivity index (χ0) is 22.1. The molecule has 4 rings (SSSR count). The number of halogens is 1. The summed E-state index contributed by atoms with van der Waals surface area (Å²) in [5.74, 6) is -2.28. The van der Waals surface area contributed by atoms with Crippen molar-refractivity contribution in [3.05, 3.63) is 100 Å². The molecule has 0 aromatic heterocycles. The second-order valence-corrected chi connectivity index (χ2v) is 7.79. The number of aryl methyl sites for hydroxylation is 1. The first-order valence-electron chi connectivity index (χ1n) is 9.64. The maximum absolute atomic E-state index is 13.7. The van der Waals surface area contributed by atoms with Crippen molar-refractivity contribution >= 4 is 35.1 Å². The molecule has 0 bridgehead atoms. The lowest BCUT2D eigenvalue weighted by Gasteiger charge is -2.34. The molecule has 3 aromatic rings. The van der Waals surface area contributed by atoms with Crippen molar-refractivity contribution < 1.29 is 19.5 Å². The monoisotopic (exact) mass is 434 g/mol. The number of nitrogens with one attached hydrogen (secondary N) is 1. The number of anilines is 1. The lowest BCUT2D eigenvalue weighted by atomic mass is 9.97. The van der Waals surface area contributed by atoms with Gasteiger partial charge in [-0.1, -0.05) is 60.1 Å². The molecule has 2 atom stereocenters. The Bertz CT molecular complexity index is 1160. The van der Waals surface area contributed by atoms with Gasteiger partial charge in [-0.15, -0.1) is 0 Å². The van der Waals surface area contributed by atoms with Gasteiger partial charge in [-0.3, -0.25) is 9.59 Å². The van der Waals surface area contributed by atoms with E-state index in [9.17, 15) is 19.5 Å². The summed E-state index contributed by atoms with van der Waals surface area (Å²) < 4.78 is 0. The van der Waals surface area contributed by atoms with Crippen molar-refractivity contribution in [2.75, 3.05) is 5.32 Å². The normalized spacial score (nSPS) is 16.8. The Morgan fingerprint density at radius 1 is 1.03 bits per heavy atom. The summed E-state index contributed by atoms with van der Waals surface area (Å²) in [5, 5.41) is 13.4. The van der Waals surface area contributed by atoms with Crippen molar-refractivity contribution in [1.82, 2.24) is 4.90 Å². The number of benzene rings is 3. The largest absolute Gasteiger partial charge is 0.479 e. The minimum atomic E-state index is -1.37. The maximum atomic E-state index is 13.7. The molecule has 0 spiro atoms. The van der Waals surface area contributed by atoms with Crippen molar-refractivity contribution in [2.24, 2.45) is 0 Å². The molecule has 7 heteroatoms. The number of aliphatic carboxylic acids is 1. The third kappa shape index (κ3) is 3.90. The lowest BCUT2D eigenvalue weighted by molar-refractivity contribution is -0.144. The highest BCUT2D eigenvalue weighted by Crippen LogP contribution is 2.38. The molecule has 0 radical (unpaired) electrons. The van der Waals surface area contributed by atoms with Gasteiger partial charge in [0.1, 0.15) is 6.04 Å². The van der Waals surface area contributed by atoms with Crippen LogP contribution in [0.2, 0.25) is 5.02 Å². The van der Waals surface area contributed by atoms with Crippen LogP contribution in [0.3, 0.4) is 0 Å². The molecule has 2 unspecified atom stereocenters. The number of carboxylic acids is 1. The number of amides is 2. The number of carboxylic acid groups (broad SMARTS) is 1. The number of hydrogen-bond acceptors (Lipinski definition) is 3. The molecule has 1 aliphatic heterocycles. The van der Waals surface area contributed by atoms with Gasteiger partial charge in [0.15, 0.2) is 6.04 Å². The predicted octanol–water partition coefficient (Wildman–Crippen LogP) is 4.61. The first-order valence-corrected chi connectivity index (χ1v) is 10.0. The van der Waals surface area contributed by atoms with Crippen LogP contribution < -0.4 is 5.32 Å². The fourth-order valence-corrected chi connectivity index (χ4v) is 3.94. The van der Waals surface area contributed by atoms with Crippen LogP contribution >= 0.6 is 11.6 Å². The molecule has 3 aromatic carbocycles. The summed E-state index contributed by atoms with van der Waals surface area (Å²) in [4.78, 5) is 40.6. The van der Waals surface area contributed by atoms with Crippen LogP contribution in [0.1, 0.15) is 39.1 Å². The van der Waals surface area contributed by atoms with Gasteiger partial charge in [-0.25, -0.2) is 4.79 Å². The van der Waals surface area contributed by atoms with Crippen molar-refractivity contribution in [1.29, 1.82) is 0 Å². The van der Waals surface area contributed by atoms with E-state index < -0.39 is 29.9 Å². The highest BCUT2D eigenvalue weighted by molar-refractivity contribution is 6.30. The second kappa shape index (κ2) is 8.24. The van der Waals surface area contributed by atoms with Crippen molar-refractivity contribution in [2.45, 2.75) is 19.0 Å². The third-order valence-electron chi connectivity index (χ3n) is 5.24. The fourth-order valence-electron chi connectivity index (χ4n) is 3.81. The Morgan fingerprint density at radius 3 is 2.35 bits per heavy atom. The van der Waals surface area contributed by atoms with Gasteiger partial charge in [-0.05, 0) is 47.9 Å². The zero-order valence-electron chi connectivity index (χ0n) is 16.6. The van der Waals surface area contributed by atoms with Gasteiger partial charge in [0.25, 0.3) is 11.8 Å². The molecule has 0 fully saturated rings. The molecule has 0 aliphatic carbocycles. The highest BCUT2D eigenvalue weighted by Gasteiger charge is 2.43. The number of carbonyl (C=O) groups is 3. The molecule has 2 N–H and O–H groups in total. The second-order valence-electron chi connectivity index (χ2n) is 7.36. The van der Waals surface area contributed by atoms with E-state index in [0.29, 0.717) is 21.8 Å². The number of rotatable bonds is 4. The summed E-state index contributed by atoms with van der Waals surface area (Å²) in [6.07, 6.45) is 0. The average Bonchev–Trinajstić information content (AvgIpc) is 2.84. The van der Waals surface area contributed by atoms with Crippen LogP contribution in [-0.2, 0) is 9.59 Å². The van der Waals surface area contributed by atoms with Crippen LogP contribution in [0.4, 0.5) is 5.69 Å². The van der Waals surface area contributed by atoms with Gasteiger partial charge in [0.2, 0.25) is 0 Å². The topological polar surface area (TPSA) is 86.7 Å². The maximum Gasteiger partial charge on any atom is 0.331 e. The third-order valence-corrected chi connectivity index (χ3v) is 5.49. The Hall–Kier alpha value is -3.64. The van der Waals surface area contributed by atoms with E-state index in [0.717, 1.165) is 10.5 Å². The summed E-state index contributed by atoms with van der Waals surface area (Å²) >= 11 is 6.01. The van der Waals surface area contributed by atoms with Crippen molar-refractivity contribution in [3.63, 3.8) is 0 Å². The van der Waals surface area contributed by atoms with Crippen LogP contribution in [0, 0.1) is 6.92 Å². The van der Waals surface area contributed by atoms with Crippen LogP contribution in [0.5, 0.6) is 0 Å². The molecule has 2 amide bonds. The van der Waals surface area contributed by atoms with E-state index in [4.69, 9.17) is 11.6 Å². The van der Waals surface area contributed by atoms with Crippen molar-refractivity contribution in [3.8, 4) is 0 Å². The van der Waals surface area contributed by atoms with Crippen LogP contribution in [0.15, 0.2) is 72.8 Å². The van der Waals surface area contributed by atoms with E-state index in [1.807, 2.05) is 6.92 Å². The van der Waals surface area contributed by atoms with Gasteiger partial charge in [0.05, 0.1) is 11.3 Å². The average molecular weight is 435 g/mol. The SMILES string of the molecule is Cc1ccc2c(c1)NC(=O)C(c1ccc(Cl)cc1)N(C(C(=O)O)c1ccccc1)C2=O. The number of hydrogen-bond donors (Lipinski definition) is 2. The molecular formula is C24H19ClN2O4. The quantitative estimate of drug-likeness (QED) is 0.627. The van der Waals surface area contributed by atoms with Gasteiger partial charge in [-0.2, -0.15) is 0 Å².